The van der Waals surface area contributed by atoms with Crippen LogP contribution in [-0.2, 0) is 0 Å². The second-order valence-corrected chi connectivity index (χ2v) is 7.59. The number of anilines is 1. The largest absolute Gasteiger partial charge is 0.377 e. The van der Waals surface area contributed by atoms with Gasteiger partial charge in [0.2, 0.25) is 0 Å². The van der Waals surface area contributed by atoms with Crippen molar-refractivity contribution in [3.8, 4) is 11.1 Å². The molecule has 1 fully saturated rings. The van der Waals surface area contributed by atoms with Crippen LogP contribution in [0.2, 0.25) is 0 Å². The number of carbonyl (C=O) groups excluding carboxylic acids is 1. The number of aryl methyl sites for hydroxylation is 1. The normalized spacial score (nSPS) is 22.3. The number of benzene rings is 1. The van der Waals surface area contributed by atoms with Gasteiger partial charge < -0.3 is 11.1 Å². The third kappa shape index (κ3) is 3.16. The van der Waals surface area contributed by atoms with Crippen LogP contribution < -0.4 is 11.1 Å². The minimum Gasteiger partial charge on any atom is -0.377 e. The Labute approximate surface area is 157 Å². The van der Waals surface area contributed by atoms with Crippen molar-refractivity contribution in [3.05, 3.63) is 53.9 Å². The number of amides is 1. The molecule has 2 aromatic heterocycles. The van der Waals surface area contributed by atoms with Crippen LogP contribution in [-0.4, -0.2) is 27.2 Å². The van der Waals surface area contributed by atoms with Gasteiger partial charge in [-0.15, -0.1) is 0 Å². The van der Waals surface area contributed by atoms with Crippen molar-refractivity contribution < 1.29 is 9.18 Å². The molecule has 1 amide bonds. The summed E-state index contributed by atoms with van der Waals surface area (Å²) in [7, 11) is 0. The van der Waals surface area contributed by atoms with E-state index in [2.05, 4.69) is 10.4 Å². The summed E-state index contributed by atoms with van der Waals surface area (Å²) in [6.07, 6.45) is 5.38. The van der Waals surface area contributed by atoms with Crippen molar-refractivity contribution in [1.82, 2.24) is 9.61 Å². The van der Waals surface area contributed by atoms with Gasteiger partial charge in [0.15, 0.2) is 0 Å². The summed E-state index contributed by atoms with van der Waals surface area (Å²) in [5, 5.41) is 7.58. The second kappa shape index (κ2) is 6.37. The molecule has 2 heterocycles. The highest BCUT2D eigenvalue weighted by molar-refractivity contribution is 6.02. The molecule has 0 saturated heterocycles. The molecule has 0 bridgehead atoms. The Morgan fingerprint density at radius 1 is 1.33 bits per heavy atom. The van der Waals surface area contributed by atoms with Crippen LogP contribution in [0.15, 0.2) is 42.7 Å². The number of hydrogen-bond donors (Lipinski definition) is 2. The third-order valence-electron chi connectivity index (χ3n) is 5.49. The standard InChI is InChI=1S/C21H23FN4O/c1-13-5-7-14(8-6-13)15-10-17-19(25-18-4-3-9-21(18,2)22)16(20(23)27)11-24-26(17)12-15/h5-8,10-12,18,25H,3-4,9H2,1-2H3,(H2,23,27). The maximum absolute atomic E-state index is 14.8. The van der Waals surface area contributed by atoms with Crippen molar-refractivity contribution in [2.24, 2.45) is 5.73 Å². The summed E-state index contributed by atoms with van der Waals surface area (Å²) in [6.45, 7) is 3.65. The van der Waals surface area contributed by atoms with Crippen molar-refractivity contribution in [2.45, 2.75) is 44.8 Å². The topological polar surface area (TPSA) is 72.4 Å². The van der Waals surface area contributed by atoms with Gasteiger partial charge in [-0.1, -0.05) is 29.8 Å². The molecule has 3 aromatic rings. The molecule has 2 unspecified atom stereocenters. The summed E-state index contributed by atoms with van der Waals surface area (Å²) in [5.74, 6) is -0.579. The molecular weight excluding hydrogens is 343 g/mol. The zero-order chi connectivity index (χ0) is 19.2. The molecule has 1 aromatic carbocycles. The Morgan fingerprint density at radius 3 is 2.70 bits per heavy atom. The fourth-order valence-electron chi connectivity index (χ4n) is 3.82. The highest BCUT2D eigenvalue weighted by Crippen LogP contribution is 2.37. The van der Waals surface area contributed by atoms with E-state index in [4.69, 9.17) is 5.73 Å². The van der Waals surface area contributed by atoms with E-state index in [-0.39, 0.29) is 11.6 Å². The first-order valence-electron chi connectivity index (χ1n) is 9.19. The SMILES string of the molecule is Cc1ccc(-c2cc3c(NC4CCCC4(C)F)c(C(N)=O)cnn3c2)cc1. The first-order chi connectivity index (χ1) is 12.8. The minimum absolute atomic E-state index is 0.277. The van der Waals surface area contributed by atoms with Gasteiger partial charge in [-0.25, -0.2) is 8.91 Å². The molecule has 0 spiro atoms. The smallest absolute Gasteiger partial charge is 0.252 e. The van der Waals surface area contributed by atoms with Crippen LogP contribution in [0, 0.1) is 6.92 Å². The number of carbonyl (C=O) groups is 1. The zero-order valence-electron chi connectivity index (χ0n) is 15.5. The van der Waals surface area contributed by atoms with Gasteiger partial charge in [0.05, 0.1) is 29.0 Å². The maximum atomic E-state index is 14.8. The van der Waals surface area contributed by atoms with Gasteiger partial charge in [-0.3, -0.25) is 4.79 Å². The van der Waals surface area contributed by atoms with Crippen LogP contribution in [0.1, 0.15) is 42.1 Å². The molecular formula is C21H23FN4O. The zero-order valence-corrected chi connectivity index (χ0v) is 15.5. The molecule has 3 N–H and O–H groups in total. The average molecular weight is 366 g/mol. The van der Waals surface area contributed by atoms with Gasteiger partial charge in [0.25, 0.3) is 5.91 Å². The highest BCUT2D eigenvalue weighted by Gasteiger charge is 2.39. The Morgan fingerprint density at radius 2 is 2.07 bits per heavy atom. The van der Waals surface area contributed by atoms with Crippen LogP contribution >= 0.6 is 0 Å². The summed E-state index contributed by atoms with van der Waals surface area (Å²) in [6, 6.07) is 9.78. The monoisotopic (exact) mass is 366 g/mol. The number of primary amides is 1. The maximum Gasteiger partial charge on any atom is 0.252 e. The van der Waals surface area contributed by atoms with Gasteiger partial charge >= 0.3 is 0 Å². The molecule has 6 heteroatoms. The number of alkyl halides is 1. The van der Waals surface area contributed by atoms with Crippen molar-refractivity contribution in [3.63, 3.8) is 0 Å². The number of hydrogen-bond acceptors (Lipinski definition) is 3. The summed E-state index contributed by atoms with van der Waals surface area (Å²) >= 11 is 0. The number of fused-ring (bicyclic) bond motifs is 1. The molecule has 2 atom stereocenters. The molecule has 1 aliphatic carbocycles. The van der Waals surface area contributed by atoms with Gasteiger partial charge in [0.1, 0.15) is 5.67 Å². The number of nitrogens with two attached hydrogens (primary N) is 1. The molecule has 1 saturated carbocycles. The lowest BCUT2D eigenvalue weighted by Crippen LogP contribution is -2.36. The molecule has 0 aliphatic heterocycles. The lowest BCUT2D eigenvalue weighted by atomic mass is 10.0. The number of nitrogens with zero attached hydrogens (tertiary/aromatic N) is 2. The number of rotatable bonds is 4. The third-order valence-corrected chi connectivity index (χ3v) is 5.49. The molecule has 4 rings (SSSR count). The van der Waals surface area contributed by atoms with Crippen LogP contribution in [0.3, 0.4) is 0 Å². The van der Waals surface area contributed by atoms with Crippen LogP contribution in [0.5, 0.6) is 0 Å². The van der Waals surface area contributed by atoms with E-state index >= 15 is 0 Å². The fourth-order valence-corrected chi connectivity index (χ4v) is 3.82. The van der Waals surface area contributed by atoms with Crippen molar-refractivity contribution in [1.29, 1.82) is 0 Å². The molecule has 5 nitrogen and oxygen atoms in total. The number of aromatic nitrogens is 2. The van der Waals surface area contributed by atoms with Crippen molar-refractivity contribution in [2.75, 3.05) is 5.32 Å². The van der Waals surface area contributed by atoms with Crippen LogP contribution in [0.4, 0.5) is 10.1 Å². The van der Waals surface area contributed by atoms with Gasteiger partial charge in [-0.05, 0) is 44.7 Å². The summed E-state index contributed by atoms with van der Waals surface area (Å²) in [4.78, 5) is 12.0. The number of nitrogens with one attached hydrogen (secondary N) is 1. The fraction of sp³-hybridized carbons (Fsp3) is 0.333. The molecule has 1 aliphatic rings. The quantitative estimate of drug-likeness (QED) is 0.730. The van der Waals surface area contributed by atoms with Crippen molar-refractivity contribution >= 4 is 17.1 Å². The minimum atomic E-state index is -1.32. The predicted octanol–water partition coefficient (Wildman–Crippen LogP) is 4.10. The van der Waals surface area contributed by atoms with Gasteiger partial charge in [0, 0.05) is 11.8 Å². The Bertz CT molecular complexity index is 1010. The van der Waals surface area contributed by atoms with E-state index in [1.54, 1.807) is 11.4 Å². The van der Waals surface area contributed by atoms with E-state index in [1.165, 1.54) is 11.8 Å². The predicted molar refractivity (Wildman–Crippen MR) is 105 cm³/mol. The van der Waals surface area contributed by atoms with Crippen LogP contribution in [0.25, 0.3) is 16.6 Å². The lowest BCUT2D eigenvalue weighted by Gasteiger charge is -2.26. The Kier molecular flexibility index (Phi) is 4.13. The molecule has 0 radical (unpaired) electrons. The Hall–Kier alpha value is -2.89. The van der Waals surface area contributed by atoms with Gasteiger partial charge in [-0.2, -0.15) is 5.10 Å². The second-order valence-electron chi connectivity index (χ2n) is 7.59. The van der Waals surface area contributed by atoms with E-state index < -0.39 is 11.6 Å². The van der Waals surface area contributed by atoms with E-state index in [1.807, 2.05) is 43.5 Å². The highest BCUT2D eigenvalue weighted by atomic mass is 19.1. The van der Waals surface area contributed by atoms with E-state index in [0.717, 1.165) is 17.5 Å². The average Bonchev–Trinajstić information content (AvgIpc) is 3.19. The Balaban J connectivity index is 1.82. The lowest BCUT2D eigenvalue weighted by molar-refractivity contribution is 0.1000. The van der Waals surface area contributed by atoms with E-state index in [9.17, 15) is 9.18 Å². The van der Waals surface area contributed by atoms with E-state index in [0.29, 0.717) is 24.0 Å². The summed E-state index contributed by atoms with van der Waals surface area (Å²) in [5.41, 5.74) is 8.99. The first kappa shape index (κ1) is 17.5. The molecule has 140 valence electrons. The first-order valence-corrected chi connectivity index (χ1v) is 9.19. The molecule has 27 heavy (non-hydrogen) atoms. The number of halogens is 1. The summed E-state index contributed by atoms with van der Waals surface area (Å²) < 4.78 is 16.5.